The van der Waals surface area contributed by atoms with Gasteiger partial charge in [-0.3, -0.25) is 4.79 Å². The minimum absolute atomic E-state index is 0.161. The summed E-state index contributed by atoms with van der Waals surface area (Å²) >= 11 is 0. The largest absolute Gasteiger partial charge is 0.327 e. The lowest BCUT2D eigenvalue weighted by Gasteiger charge is -2.19. The van der Waals surface area contributed by atoms with Crippen molar-refractivity contribution >= 4 is 23.1 Å². The maximum Gasteiger partial charge on any atom is 0.318 e. The predicted molar refractivity (Wildman–Crippen MR) is 86.5 cm³/mol. The number of nitrogens with one attached hydrogen (secondary N) is 1. The van der Waals surface area contributed by atoms with E-state index in [1.54, 1.807) is 4.90 Å². The highest BCUT2D eigenvalue weighted by molar-refractivity contribution is 5.86. The summed E-state index contributed by atoms with van der Waals surface area (Å²) in [4.78, 5) is 25.1. The van der Waals surface area contributed by atoms with Gasteiger partial charge in [0.15, 0.2) is 0 Å². The van der Waals surface area contributed by atoms with E-state index in [9.17, 15) is 9.59 Å². The molecule has 4 nitrogen and oxygen atoms in total. The van der Waals surface area contributed by atoms with Gasteiger partial charge in [-0.05, 0) is 29.2 Å². The highest BCUT2D eigenvalue weighted by Crippen LogP contribution is 2.19. The summed E-state index contributed by atoms with van der Waals surface area (Å²) in [6, 6.07) is 13.3. The molecule has 1 aliphatic rings. The Hall–Kier alpha value is -2.36. The molecule has 1 heterocycles. The van der Waals surface area contributed by atoms with Crippen molar-refractivity contribution in [3.8, 4) is 0 Å². The van der Waals surface area contributed by atoms with E-state index in [1.807, 2.05) is 48.8 Å². The van der Waals surface area contributed by atoms with E-state index in [4.69, 9.17) is 0 Å². The molecule has 2 aromatic carbocycles. The maximum atomic E-state index is 12.1. The molecule has 1 saturated heterocycles. The molecular weight excluding hydrogens is 276 g/mol. The molecule has 1 atom stereocenters. The molecule has 3 rings (SSSR count). The van der Waals surface area contributed by atoms with Crippen molar-refractivity contribution in [3.05, 3.63) is 48.0 Å². The topological polar surface area (TPSA) is 49.4 Å². The molecule has 2 amide bonds. The average Bonchev–Trinajstić information content (AvgIpc) is 3.09. The lowest BCUT2D eigenvalue weighted by Crippen LogP contribution is -2.45. The van der Waals surface area contributed by atoms with Gasteiger partial charge in [0.1, 0.15) is 6.04 Å². The number of rotatable bonds is 4. The van der Waals surface area contributed by atoms with Gasteiger partial charge in [0.2, 0.25) is 6.29 Å². The molecule has 0 aliphatic carbocycles. The van der Waals surface area contributed by atoms with Crippen molar-refractivity contribution in [1.29, 1.82) is 0 Å². The zero-order valence-corrected chi connectivity index (χ0v) is 12.4. The van der Waals surface area contributed by atoms with Crippen LogP contribution in [-0.2, 0) is 11.2 Å². The summed E-state index contributed by atoms with van der Waals surface area (Å²) in [6.07, 6.45) is 4.49. The zero-order chi connectivity index (χ0) is 15.4. The molecule has 22 heavy (non-hydrogen) atoms. The highest BCUT2D eigenvalue weighted by atomic mass is 16.2. The highest BCUT2D eigenvalue weighted by Gasteiger charge is 2.21. The Morgan fingerprint density at radius 1 is 1.14 bits per heavy atom. The van der Waals surface area contributed by atoms with Crippen molar-refractivity contribution in [3.63, 3.8) is 0 Å². The Morgan fingerprint density at radius 2 is 1.86 bits per heavy atom. The number of likely N-dealkylation sites (tertiary alicyclic amines) is 1. The molecule has 1 aliphatic heterocycles. The second-order valence-electron chi connectivity index (χ2n) is 5.66. The van der Waals surface area contributed by atoms with E-state index >= 15 is 0 Å². The summed E-state index contributed by atoms with van der Waals surface area (Å²) in [7, 11) is 0. The number of fused-ring (bicyclic) bond motifs is 1. The molecule has 0 unspecified atom stereocenters. The van der Waals surface area contributed by atoms with Crippen LogP contribution in [0.2, 0.25) is 0 Å². The van der Waals surface area contributed by atoms with Gasteiger partial charge >= 0.3 is 6.03 Å². The van der Waals surface area contributed by atoms with Crippen LogP contribution in [0, 0.1) is 0 Å². The maximum absolute atomic E-state index is 12.1. The van der Waals surface area contributed by atoms with Gasteiger partial charge in [-0.1, -0.05) is 42.5 Å². The van der Waals surface area contributed by atoms with Crippen molar-refractivity contribution in [2.45, 2.75) is 25.3 Å². The molecule has 0 saturated carbocycles. The number of urea groups is 1. The Bertz CT molecular complexity index is 672. The lowest BCUT2D eigenvalue weighted by atomic mass is 9.99. The van der Waals surface area contributed by atoms with E-state index in [0.717, 1.165) is 42.3 Å². The number of amides is 2. The van der Waals surface area contributed by atoms with Crippen LogP contribution in [0.4, 0.5) is 4.79 Å². The summed E-state index contributed by atoms with van der Waals surface area (Å²) in [5, 5.41) is 5.03. The Morgan fingerprint density at radius 3 is 2.64 bits per heavy atom. The monoisotopic (exact) mass is 295 g/mol. The molecule has 1 fully saturated rings. The van der Waals surface area contributed by atoms with Gasteiger partial charge in [0.25, 0.3) is 0 Å². The molecule has 113 valence electrons. The van der Waals surface area contributed by atoms with Crippen LogP contribution in [-0.4, -0.2) is 36.3 Å². The summed E-state index contributed by atoms with van der Waals surface area (Å²) in [5.74, 6) is 0. The standard InChI is InChI=1S/C18H19N2O2/c21-13-16(19-18(22)20-10-3-4-11-20)12-15-8-5-7-14-6-1-2-9-17(14)15/h1-2,5-9,16H,3-4,10-12H2,(H,19,22)/t16-/m0/s1. The molecular formula is C18H19N2O2. The Balaban J connectivity index is 1.74. The van der Waals surface area contributed by atoms with E-state index < -0.39 is 6.04 Å². The first kappa shape index (κ1) is 14.6. The van der Waals surface area contributed by atoms with E-state index in [1.165, 1.54) is 0 Å². The van der Waals surface area contributed by atoms with Gasteiger partial charge in [0, 0.05) is 19.5 Å². The van der Waals surface area contributed by atoms with E-state index in [2.05, 4.69) is 5.32 Å². The second kappa shape index (κ2) is 6.60. The summed E-state index contributed by atoms with van der Waals surface area (Å²) < 4.78 is 0. The number of hydrogen-bond donors (Lipinski definition) is 1. The Labute approximate surface area is 130 Å². The molecule has 4 heteroatoms. The normalized spacial score (nSPS) is 15.7. The fourth-order valence-electron chi connectivity index (χ4n) is 2.97. The molecule has 1 radical (unpaired) electrons. The quantitative estimate of drug-likeness (QED) is 0.942. The van der Waals surface area contributed by atoms with Gasteiger partial charge in [-0.2, -0.15) is 0 Å². The van der Waals surface area contributed by atoms with Crippen LogP contribution in [0.1, 0.15) is 18.4 Å². The van der Waals surface area contributed by atoms with Gasteiger partial charge in [-0.25, -0.2) is 4.79 Å². The first-order valence-corrected chi connectivity index (χ1v) is 7.67. The SMILES string of the molecule is O=[C][C@H](Cc1cccc2ccccc12)NC(=O)N1CCCC1. The van der Waals surface area contributed by atoms with E-state index in [0.29, 0.717) is 6.42 Å². The second-order valence-corrected chi connectivity index (χ2v) is 5.66. The molecule has 0 bridgehead atoms. The van der Waals surface area contributed by atoms with E-state index in [-0.39, 0.29) is 6.03 Å². The first-order valence-electron chi connectivity index (χ1n) is 7.67. The zero-order valence-electron chi connectivity index (χ0n) is 12.4. The van der Waals surface area contributed by atoms with Crippen molar-refractivity contribution < 1.29 is 9.59 Å². The lowest BCUT2D eigenvalue weighted by molar-refractivity contribution is 0.207. The van der Waals surface area contributed by atoms with Crippen LogP contribution in [0.5, 0.6) is 0 Å². The van der Waals surface area contributed by atoms with Gasteiger partial charge in [0.05, 0.1) is 0 Å². The molecule has 2 aromatic rings. The van der Waals surface area contributed by atoms with Crippen LogP contribution in [0.3, 0.4) is 0 Å². The van der Waals surface area contributed by atoms with Crippen LogP contribution in [0.25, 0.3) is 10.8 Å². The van der Waals surface area contributed by atoms with Gasteiger partial charge in [-0.15, -0.1) is 0 Å². The fourth-order valence-corrected chi connectivity index (χ4v) is 2.97. The van der Waals surface area contributed by atoms with Crippen molar-refractivity contribution in [1.82, 2.24) is 10.2 Å². The average molecular weight is 295 g/mol. The minimum Gasteiger partial charge on any atom is -0.327 e. The molecule has 0 spiro atoms. The number of nitrogens with zero attached hydrogens (tertiary/aromatic N) is 1. The van der Waals surface area contributed by atoms with Crippen LogP contribution < -0.4 is 5.32 Å². The summed E-state index contributed by atoms with van der Waals surface area (Å²) in [6.45, 7) is 1.54. The molecule has 0 aromatic heterocycles. The third-order valence-electron chi connectivity index (χ3n) is 4.14. The Kier molecular flexibility index (Phi) is 4.37. The van der Waals surface area contributed by atoms with Crippen LogP contribution in [0.15, 0.2) is 42.5 Å². The third-order valence-corrected chi connectivity index (χ3v) is 4.14. The van der Waals surface area contributed by atoms with Gasteiger partial charge < -0.3 is 10.2 Å². The molecule has 1 N–H and O–H groups in total. The number of benzene rings is 2. The third kappa shape index (κ3) is 3.11. The first-order chi connectivity index (χ1) is 10.8. The number of hydrogen-bond acceptors (Lipinski definition) is 2. The fraction of sp³-hybridized carbons (Fsp3) is 0.333. The van der Waals surface area contributed by atoms with Crippen molar-refractivity contribution in [2.75, 3.05) is 13.1 Å². The summed E-state index contributed by atoms with van der Waals surface area (Å²) in [5.41, 5.74) is 1.05. The predicted octanol–water partition coefficient (Wildman–Crippen LogP) is 2.67. The smallest absolute Gasteiger partial charge is 0.318 e. The minimum atomic E-state index is -0.612. The van der Waals surface area contributed by atoms with Crippen LogP contribution >= 0.6 is 0 Å². The number of carbonyl (C=O) groups is 1. The number of carbonyl (C=O) groups excluding carboxylic acids is 2. The van der Waals surface area contributed by atoms with Crippen molar-refractivity contribution in [2.24, 2.45) is 0 Å².